The predicted molar refractivity (Wildman–Crippen MR) is 132 cm³/mol. The molecule has 14 heteroatoms. The van der Waals surface area contributed by atoms with E-state index in [1.807, 2.05) is 0 Å². The molecule has 0 saturated heterocycles. The average molecular weight is 604 g/mol. The zero-order valence-electron chi connectivity index (χ0n) is 20.0. The van der Waals surface area contributed by atoms with Crippen molar-refractivity contribution in [3.63, 3.8) is 0 Å². The molecular weight excluding hydrogens is 582 g/mol. The molecule has 0 aliphatic heterocycles. The van der Waals surface area contributed by atoms with Gasteiger partial charge in [0.25, 0.3) is 0 Å². The predicted octanol–water partition coefficient (Wildman–Crippen LogP) is 6.70. The number of benzene rings is 3. The fourth-order valence-electron chi connectivity index (χ4n) is 3.22. The average Bonchev–Trinajstić information content (AvgIpc) is 2.85. The molecule has 0 bridgehead atoms. The summed E-state index contributed by atoms with van der Waals surface area (Å²) in [6, 6.07) is 30.9. The van der Waals surface area contributed by atoms with Crippen LogP contribution in [0, 0.1) is 0 Å². The zero-order chi connectivity index (χ0) is 29.7. The SMILES string of the molecule is CCCc1ccc(P(c2ccccc2)c2ccccc2)cc1.O=S(=O)(O)C(F)(F)C(F)(F)C(F)(F)C(F)(F)F. The van der Waals surface area contributed by atoms with Gasteiger partial charge in [0, 0.05) is 0 Å². The van der Waals surface area contributed by atoms with E-state index in [1.54, 1.807) is 0 Å². The molecule has 39 heavy (non-hydrogen) atoms. The lowest BCUT2D eigenvalue weighted by Crippen LogP contribution is -2.63. The molecule has 0 atom stereocenters. The third-order valence-corrected chi connectivity index (χ3v) is 8.55. The van der Waals surface area contributed by atoms with Crippen molar-refractivity contribution in [3.8, 4) is 0 Å². The van der Waals surface area contributed by atoms with Crippen LogP contribution in [0.4, 0.5) is 39.5 Å². The van der Waals surface area contributed by atoms with E-state index in [9.17, 15) is 47.9 Å². The maximum Gasteiger partial charge on any atom is 0.460 e. The van der Waals surface area contributed by atoms with Gasteiger partial charge in [0.1, 0.15) is 0 Å². The maximum absolute atomic E-state index is 12.2. The van der Waals surface area contributed by atoms with Gasteiger partial charge in [-0.3, -0.25) is 4.55 Å². The van der Waals surface area contributed by atoms with Gasteiger partial charge in [-0.15, -0.1) is 0 Å². The molecule has 0 aromatic heterocycles. The molecule has 0 heterocycles. The third-order valence-electron chi connectivity index (χ3n) is 5.20. The molecule has 0 unspecified atom stereocenters. The van der Waals surface area contributed by atoms with Gasteiger partial charge in [-0.1, -0.05) is 98.3 Å². The number of hydrogen-bond acceptors (Lipinski definition) is 2. The summed E-state index contributed by atoms with van der Waals surface area (Å²) in [5, 5.41) is -2.76. The van der Waals surface area contributed by atoms with Crippen LogP contribution in [0.15, 0.2) is 84.9 Å². The summed E-state index contributed by atoms with van der Waals surface area (Å²) in [5.41, 5.74) is 1.43. The minimum Gasteiger partial charge on any atom is -0.281 e. The molecule has 3 rings (SSSR count). The van der Waals surface area contributed by atoms with Crippen molar-refractivity contribution in [2.75, 3.05) is 0 Å². The largest absolute Gasteiger partial charge is 0.460 e. The minimum absolute atomic E-state index is 0.468. The van der Waals surface area contributed by atoms with Gasteiger partial charge in [-0.25, -0.2) is 0 Å². The summed E-state index contributed by atoms with van der Waals surface area (Å²) in [5.74, 6) is -14.7. The Balaban J connectivity index is 0.000000285. The highest BCUT2D eigenvalue weighted by Gasteiger charge is 2.85. The number of aryl methyl sites for hydroxylation is 1. The highest BCUT2D eigenvalue weighted by Crippen LogP contribution is 2.54. The monoisotopic (exact) mass is 604 g/mol. The fraction of sp³-hybridized carbons (Fsp3) is 0.280. The lowest BCUT2D eigenvalue weighted by Gasteiger charge is -2.31. The summed E-state index contributed by atoms with van der Waals surface area (Å²) >= 11 is 0. The Labute approximate surface area is 220 Å². The maximum atomic E-state index is 12.2. The number of hydrogen-bond donors (Lipinski definition) is 1. The molecule has 0 saturated carbocycles. The first-order chi connectivity index (χ1) is 17.9. The highest BCUT2D eigenvalue weighted by molar-refractivity contribution is 7.87. The second-order valence-electron chi connectivity index (χ2n) is 8.06. The first-order valence-corrected chi connectivity index (χ1v) is 13.8. The van der Waals surface area contributed by atoms with Crippen LogP contribution >= 0.6 is 7.92 Å². The molecule has 3 nitrogen and oxygen atoms in total. The first kappa shape index (κ1) is 32.6. The van der Waals surface area contributed by atoms with Crippen molar-refractivity contribution in [3.05, 3.63) is 90.5 Å². The van der Waals surface area contributed by atoms with Gasteiger partial charge in [0.2, 0.25) is 0 Å². The van der Waals surface area contributed by atoms with Crippen molar-refractivity contribution >= 4 is 34.0 Å². The highest BCUT2D eigenvalue weighted by atomic mass is 32.2. The first-order valence-electron chi connectivity index (χ1n) is 11.0. The smallest absolute Gasteiger partial charge is 0.281 e. The quantitative estimate of drug-likeness (QED) is 0.177. The van der Waals surface area contributed by atoms with Crippen molar-refractivity contribution < 1.29 is 52.5 Å². The van der Waals surface area contributed by atoms with Crippen LogP contribution < -0.4 is 15.9 Å². The second-order valence-corrected chi connectivity index (χ2v) is 11.7. The molecule has 3 aromatic rings. The number of halogens is 9. The summed E-state index contributed by atoms with van der Waals surface area (Å²) in [6.07, 6.45) is -4.77. The van der Waals surface area contributed by atoms with Crippen LogP contribution in [-0.4, -0.2) is 36.2 Å². The van der Waals surface area contributed by atoms with Crippen molar-refractivity contribution in [1.82, 2.24) is 0 Å². The molecule has 3 aromatic carbocycles. The van der Waals surface area contributed by atoms with Crippen LogP contribution in [0.25, 0.3) is 0 Å². The molecule has 0 aliphatic carbocycles. The molecule has 1 N–H and O–H groups in total. The molecule has 214 valence electrons. The normalized spacial score (nSPS) is 13.1. The van der Waals surface area contributed by atoms with E-state index in [4.69, 9.17) is 4.55 Å². The van der Waals surface area contributed by atoms with E-state index in [0.29, 0.717) is 0 Å². The zero-order valence-corrected chi connectivity index (χ0v) is 21.7. The van der Waals surface area contributed by atoms with E-state index >= 15 is 0 Å². The summed E-state index contributed by atoms with van der Waals surface area (Å²) in [7, 11) is -7.63. The molecule has 0 amide bonds. The lowest BCUT2D eigenvalue weighted by atomic mass is 10.1. The Morgan fingerprint density at radius 3 is 1.36 bits per heavy atom. The molecule has 0 fully saturated rings. The summed E-state index contributed by atoms with van der Waals surface area (Å²) < 4.78 is 134. The van der Waals surface area contributed by atoms with Gasteiger partial charge >= 0.3 is 33.4 Å². The van der Waals surface area contributed by atoms with E-state index in [0.717, 1.165) is 6.42 Å². The van der Waals surface area contributed by atoms with Crippen LogP contribution in [0.1, 0.15) is 18.9 Å². The topological polar surface area (TPSA) is 54.4 Å². The fourth-order valence-corrected chi connectivity index (χ4v) is 5.96. The lowest BCUT2D eigenvalue weighted by molar-refractivity contribution is -0.382. The van der Waals surface area contributed by atoms with Crippen LogP contribution in [0.2, 0.25) is 0 Å². The Morgan fingerprint density at radius 1 is 0.641 bits per heavy atom. The van der Waals surface area contributed by atoms with E-state index < -0.39 is 41.3 Å². The van der Waals surface area contributed by atoms with E-state index in [1.165, 1.54) is 27.9 Å². The van der Waals surface area contributed by atoms with Gasteiger partial charge in [0.05, 0.1) is 0 Å². The van der Waals surface area contributed by atoms with Gasteiger partial charge in [-0.05, 0) is 35.8 Å². The van der Waals surface area contributed by atoms with Crippen LogP contribution in [0.3, 0.4) is 0 Å². The van der Waals surface area contributed by atoms with Gasteiger partial charge < -0.3 is 0 Å². The second kappa shape index (κ2) is 12.3. The molecule has 0 aliphatic rings. The van der Waals surface area contributed by atoms with Crippen molar-refractivity contribution in [2.45, 2.75) is 43.0 Å². The Hall–Kier alpha value is -2.63. The standard InChI is InChI=1S/C21H21P.C4HF9O3S/c1-2-9-18-14-16-21(17-15-18)22(19-10-5-3-6-11-19)20-12-7-4-8-13-20;5-1(6,3(9,10)11)2(7,8)4(12,13)17(14,15)16/h3-8,10-17H,2,9H2,1H3;(H,14,15,16). The summed E-state index contributed by atoms with van der Waals surface area (Å²) in [6.45, 7) is 2.23. The minimum atomic E-state index is -7.37. The molecule has 0 radical (unpaired) electrons. The van der Waals surface area contributed by atoms with E-state index in [-0.39, 0.29) is 0 Å². The third kappa shape index (κ3) is 7.12. The number of rotatable bonds is 8. The van der Waals surface area contributed by atoms with Crippen molar-refractivity contribution in [2.24, 2.45) is 0 Å². The summed E-state index contributed by atoms with van der Waals surface area (Å²) in [4.78, 5) is 0. The Bertz CT molecular complexity index is 1260. The molecular formula is C25H22F9O3PS. The van der Waals surface area contributed by atoms with Gasteiger partial charge in [-0.2, -0.15) is 47.9 Å². The number of alkyl halides is 9. The van der Waals surface area contributed by atoms with Gasteiger partial charge in [0.15, 0.2) is 0 Å². The Kier molecular flexibility index (Phi) is 10.2. The Morgan fingerprint density at radius 2 is 1.03 bits per heavy atom. The van der Waals surface area contributed by atoms with E-state index in [2.05, 4.69) is 91.9 Å². The van der Waals surface area contributed by atoms with Crippen LogP contribution in [-0.2, 0) is 16.5 Å². The molecule has 0 spiro atoms. The van der Waals surface area contributed by atoms with Crippen molar-refractivity contribution in [1.29, 1.82) is 0 Å². The van der Waals surface area contributed by atoms with Crippen LogP contribution in [0.5, 0.6) is 0 Å².